The van der Waals surface area contributed by atoms with Gasteiger partial charge in [-0.1, -0.05) is 24.9 Å². The molecule has 0 radical (unpaired) electrons. The zero-order valence-corrected chi connectivity index (χ0v) is 13.9. The second-order valence-corrected chi connectivity index (χ2v) is 8.94. The molecule has 0 saturated carbocycles. The van der Waals surface area contributed by atoms with Gasteiger partial charge in [-0.15, -0.1) is 0 Å². The van der Waals surface area contributed by atoms with E-state index in [-0.39, 0.29) is 14.8 Å². The van der Waals surface area contributed by atoms with Gasteiger partial charge in [-0.3, -0.25) is 0 Å². The molecule has 0 bridgehead atoms. The number of primary sulfonamides is 1. The summed E-state index contributed by atoms with van der Waals surface area (Å²) in [5, 5.41) is 5.03. The van der Waals surface area contributed by atoms with Crippen LogP contribution in [-0.4, -0.2) is 34.2 Å². The quantitative estimate of drug-likeness (QED) is 0.885. The number of halogens is 1. The van der Waals surface area contributed by atoms with Crippen LogP contribution in [0, 0.1) is 5.92 Å². The molecule has 1 atom stereocenters. The van der Waals surface area contributed by atoms with Gasteiger partial charge in [-0.2, -0.15) is 4.31 Å². The van der Waals surface area contributed by atoms with Crippen LogP contribution >= 0.6 is 11.6 Å². The Hall–Kier alpha value is -0.670. The van der Waals surface area contributed by atoms with E-state index in [1.54, 1.807) is 0 Å². The second-order valence-electron chi connectivity index (χ2n) is 5.06. The fraction of sp³-hybridized carbons (Fsp3) is 0.500. The Labute approximate surface area is 130 Å². The Morgan fingerprint density at radius 3 is 2.52 bits per heavy atom. The average molecular weight is 353 g/mol. The summed E-state index contributed by atoms with van der Waals surface area (Å²) >= 11 is 5.94. The molecule has 118 valence electrons. The van der Waals surface area contributed by atoms with Crippen molar-refractivity contribution in [3.63, 3.8) is 0 Å². The normalized spacial score (nSPS) is 20.8. The van der Waals surface area contributed by atoms with E-state index in [4.69, 9.17) is 16.7 Å². The summed E-state index contributed by atoms with van der Waals surface area (Å²) in [7, 11) is -7.80. The van der Waals surface area contributed by atoms with Crippen LogP contribution in [0.25, 0.3) is 0 Å². The van der Waals surface area contributed by atoms with E-state index >= 15 is 0 Å². The minimum atomic E-state index is -3.98. The topological polar surface area (TPSA) is 97.5 Å². The number of sulfonamides is 2. The van der Waals surface area contributed by atoms with Crippen LogP contribution in [0.1, 0.15) is 19.8 Å². The Morgan fingerprint density at radius 1 is 1.33 bits per heavy atom. The predicted molar refractivity (Wildman–Crippen MR) is 80.0 cm³/mol. The number of hydrogen-bond acceptors (Lipinski definition) is 4. The number of benzene rings is 1. The second kappa shape index (κ2) is 5.85. The average Bonchev–Trinajstić information content (AvgIpc) is 2.87. The van der Waals surface area contributed by atoms with Gasteiger partial charge in [-0.25, -0.2) is 22.0 Å². The van der Waals surface area contributed by atoms with E-state index in [0.29, 0.717) is 19.0 Å². The molecule has 1 heterocycles. The van der Waals surface area contributed by atoms with Gasteiger partial charge in [0.05, 0.1) is 9.92 Å². The van der Waals surface area contributed by atoms with Crippen molar-refractivity contribution in [2.24, 2.45) is 11.1 Å². The lowest BCUT2D eigenvalue weighted by molar-refractivity contribution is 0.453. The van der Waals surface area contributed by atoms with E-state index in [1.165, 1.54) is 16.4 Å². The van der Waals surface area contributed by atoms with E-state index in [2.05, 4.69) is 0 Å². The van der Waals surface area contributed by atoms with Gasteiger partial charge in [-0.05, 0) is 30.5 Å². The Morgan fingerprint density at radius 2 is 2.00 bits per heavy atom. The minimum absolute atomic E-state index is 0.0117. The monoisotopic (exact) mass is 352 g/mol. The molecule has 0 spiro atoms. The van der Waals surface area contributed by atoms with E-state index < -0.39 is 20.0 Å². The van der Waals surface area contributed by atoms with Crippen molar-refractivity contribution in [1.82, 2.24) is 4.31 Å². The van der Waals surface area contributed by atoms with Crippen LogP contribution in [0.5, 0.6) is 0 Å². The van der Waals surface area contributed by atoms with Gasteiger partial charge in [0.2, 0.25) is 20.0 Å². The Kier molecular flexibility index (Phi) is 4.65. The van der Waals surface area contributed by atoms with Gasteiger partial charge in [0, 0.05) is 13.1 Å². The summed E-state index contributed by atoms with van der Waals surface area (Å²) in [6, 6.07) is 3.45. The molecule has 1 aliphatic rings. The molecule has 6 nitrogen and oxygen atoms in total. The highest BCUT2D eigenvalue weighted by Gasteiger charge is 2.33. The maximum absolute atomic E-state index is 12.6. The molecule has 2 rings (SSSR count). The van der Waals surface area contributed by atoms with E-state index in [0.717, 1.165) is 18.9 Å². The first-order valence-electron chi connectivity index (χ1n) is 6.48. The first-order chi connectivity index (χ1) is 9.66. The molecule has 1 aliphatic heterocycles. The molecular formula is C12H17ClN2O4S2. The van der Waals surface area contributed by atoms with Crippen molar-refractivity contribution in [3.05, 3.63) is 23.2 Å². The van der Waals surface area contributed by atoms with Gasteiger partial charge in [0.1, 0.15) is 4.90 Å². The summed E-state index contributed by atoms with van der Waals surface area (Å²) < 4.78 is 49.3. The van der Waals surface area contributed by atoms with Gasteiger partial charge in [0.15, 0.2) is 0 Å². The molecule has 21 heavy (non-hydrogen) atoms. The smallest absolute Gasteiger partial charge is 0.225 e. The van der Waals surface area contributed by atoms with Crippen LogP contribution in [0.3, 0.4) is 0 Å². The maximum atomic E-state index is 12.6. The SMILES string of the molecule is CCC1CCN(S(=O)(=O)c2cc(S(N)(=O)=O)ccc2Cl)C1. The lowest BCUT2D eigenvalue weighted by Crippen LogP contribution is -2.29. The molecular weight excluding hydrogens is 336 g/mol. The van der Waals surface area contributed by atoms with Crippen LogP contribution in [0.15, 0.2) is 28.0 Å². The Balaban J connectivity index is 2.45. The fourth-order valence-electron chi connectivity index (χ4n) is 2.35. The van der Waals surface area contributed by atoms with Gasteiger partial charge >= 0.3 is 0 Å². The first kappa shape index (κ1) is 16.7. The zero-order valence-electron chi connectivity index (χ0n) is 11.5. The summed E-state index contributed by atoms with van der Waals surface area (Å²) in [6.07, 6.45) is 1.69. The Bertz CT molecular complexity index is 747. The highest BCUT2D eigenvalue weighted by atomic mass is 35.5. The molecule has 9 heteroatoms. The van der Waals surface area contributed by atoms with Crippen LogP contribution < -0.4 is 5.14 Å². The largest absolute Gasteiger partial charge is 0.244 e. The molecule has 1 aromatic rings. The predicted octanol–water partition coefficient (Wildman–Crippen LogP) is 1.41. The van der Waals surface area contributed by atoms with Crippen molar-refractivity contribution in [2.45, 2.75) is 29.6 Å². The zero-order chi connectivity index (χ0) is 15.8. The maximum Gasteiger partial charge on any atom is 0.244 e. The first-order valence-corrected chi connectivity index (χ1v) is 9.85. The van der Waals surface area contributed by atoms with Crippen molar-refractivity contribution in [1.29, 1.82) is 0 Å². The minimum Gasteiger partial charge on any atom is -0.225 e. The summed E-state index contributed by atoms with van der Waals surface area (Å²) in [6.45, 7) is 2.85. The lowest BCUT2D eigenvalue weighted by Gasteiger charge is -2.17. The van der Waals surface area contributed by atoms with Crippen molar-refractivity contribution in [2.75, 3.05) is 13.1 Å². The molecule has 0 amide bonds. The number of hydrogen-bond donors (Lipinski definition) is 1. The summed E-state index contributed by atoms with van der Waals surface area (Å²) in [5.74, 6) is 0.319. The highest BCUT2D eigenvalue weighted by molar-refractivity contribution is 7.90. The van der Waals surface area contributed by atoms with E-state index in [9.17, 15) is 16.8 Å². The van der Waals surface area contributed by atoms with Gasteiger partial charge in [0.25, 0.3) is 0 Å². The number of nitrogens with two attached hydrogens (primary N) is 1. The standard InChI is InChI=1S/C12H17ClN2O4S2/c1-2-9-5-6-15(8-9)21(18,19)12-7-10(20(14,16)17)3-4-11(12)13/h3-4,7,9H,2,5-6,8H2,1H3,(H2,14,16,17). The molecule has 1 saturated heterocycles. The van der Waals surface area contributed by atoms with E-state index in [1.807, 2.05) is 6.92 Å². The third kappa shape index (κ3) is 3.40. The number of nitrogens with zero attached hydrogens (tertiary/aromatic N) is 1. The van der Waals surface area contributed by atoms with Gasteiger partial charge < -0.3 is 0 Å². The third-order valence-corrected chi connectivity index (χ3v) is 6.93. The van der Waals surface area contributed by atoms with Crippen molar-refractivity contribution in [3.8, 4) is 0 Å². The molecule has 1 unspecified atom stereocenters. The van der Waals surface area contributed by atoms with Crippen LogP contribution in [-0.2, 0) is 20.0 Å². The summed E-state index contributed by atoms with van der Waals surface area (Å²) in [4.78, 5) is -0.482. The fourth-order valence-corrected chi connectivity index (χ4v) is 4.99. The van der Waals surface area contributed by atoms with Crippen LogP contribution in [0.2, 0.25) is 5.02 Å². The highest BCUT2D eigenvalue weighted by Crippen LogP contribution is 2.31. The molecule has 0 aliphatic carbocycles. The molecule has 1 aromatic carbocycles. The number of rotatable bonds is 4. The third-order valence-electron chi connectivity index (χ3n) is 3.67. The summed E-state index contributed by atoms with van der Waals surface area (Å²) in [5.41, 5.74) is 0. The molecule has 0 aromatic heterocycles. The molecule has 2 N–H and O–H groups in total. The molecule has 1 fully saturated rings. The van der Waals surface area contributed by atoms with Crippen molar-refractivity contribution >= 4 is 31.6 Å². The van der Waals surface area contributed by atoms with Crippen molar-refractivity contribution < 1.29 is 16.8 Å². The lowest BCUT2D eigenvalue weighted by atomic mass is 10.1. The van der Waals surface area contributed by atoms with Crippen LogP contribution in [0.4, 0.5) is 0 Å².